The third kappa shape index (κ3) is 3.35. The van der Waals surface area contributed by atoms with Gasteiger partial charge in [-0.25, -0.2) is 13.1 Å². The molecule has 2 aliphatic rings. The summed E-state index contributed by atoms with van der Waals surface area (Å²) in [5.74, 6) is 0.666. The summed E-state index contributed by atoms with van der Waals surface area (Å²) < 4.78 is 34.5. The number of pyridine rings is 1. The Morgan fingerprint density at radius 3 is 2.50 bits per heavy atom. The number of sulfonamides is 1. The number of fused-ring (bicyclic) bond motifs is 1. The molecule has 2 aliphatic carbocycles. The van der Waals surface area contributed by atoms with E-state index in [9.17, 15) is 13.2 Å². The number of rotatable bonds is 6. The van der Waals surface area contributed by atoms with Crippen LogP contribution in [0.25, 0.3) is 10.9 Å². The van der Waals surface area contributed by atoms with Crippen LogP contribution in [-0.4, -0.2) is 26.4 Å². The van der Waals surface area contributed by atoms with Gasteiger partial charge in [0.05, 0.1) is 22.9 Å². The van der Waals surface area contributed by atoms with Crippen molar-refractivity contribution in [1.82, 2.24) is 9.71 Å². The van der Waals surface area contributed by atoms with Crippen molar-refractivity contribution >= 4 is 26.8 Å². The highest BCUT2D eigenvalue weighted by Gasteiger charge is 2.55. The molecule has 6 nitrogen and oxygen atoms in total. The number of ether oxygens (including phenoxy) is 1. The summed E-state index contributed by atoms with van der Waals surface area (Å²) in [6.07, 6.45) is 3.48. The van der Waals surface area contributed by atoms with E-state index in [-0.39, 0.29) is 4.90 Å². The van der Waals surface area contributed by atoms with Gasteiger partial charge in [-0.1, -0.05) is 12.1 Å². The maximum Gasteiger partial charge on any atom is 0.264 e. The van der Waals surface area contributed by atoms with Gasteiger partial charge in [0.1, 0.15) is 5.75 Å². The van der Waals surface area contributed by atoms with E-state index in [4.69, 9.17) is 4.74 Å². The molecule has 5 rings (SSSR count). The van der Waals surface area contributed by atoms with Gasteiger partial charge < -0.3 is 4.74 Å². The first-order chi connectivity index (χ1) is 15.3. The van der Waals surface area contributed by atoms with Crippen LogP contribution in [0.2, 0.25) is 0 Å². The fourth-order valence-electron chi connectivity index (χ4n) is 4.76. The molecule has 1 amide bonds. The van der Waals surface area contributed by atoms with Crippen LogP contribution in [0.5, 0.6) is 5.75 Å². The lowest BCUT2D eigenvalue weighted by molar-refractivity contribution is -0.121. The lowest BCUT2D eigenvalue weighted by Gasteiger charge is -2.23. The molecule has 3 aromatic rings. The Labute approximate surface area is 188 Å². The van der Waals surface area contributed by atoms with Gasteiger partial charge in [-0.2, -0.15) is 0 Å². The van der Waals surface area contributed by atoms with E-state index in [0.29, 0.717) is 35.4 Å². The molecular weight excluding hydrogens is 424 g/mol. The van der Waals surface area contributed by atoms with E-state index < -0.39 is 21.3 Å². The van der Waals surface area contributed by atoms with E-state index in [1.807, 2.05) is 19.9 Å². The predicted octanol–water partition coefficient (Wildman–Crippen LogP) is 4.27. The van der Waals surface area contributed by atoms with Crippen molar-refractivity contribution in [2.75, 3.05) is 7.11 Å². The summed E-state index contributed by atoms with van der Waals surface area (Å²) in [7, 11) is -2.49. The Morgan fingerprint density at radius 1 is 1.09 bits per heavy atom. The highest BCUT2D eigenvalue weighted by molar-refractivity contribution is 7.90. The van der Waals surface area contributed by atoms with Crippen molar-refractivity contribution in [3.63, 3.8) is 0 Å². The summed E-state index contributed by atoms with van der Waals surface area (Å²) in [6, 6.07) is 12.4. The van der Waals surface area contributed by atoms with Gasteiger partial charge >= 0.3 is 0 Å². The second-order valence-corrected chi connectivity index (χ2v) is 10.6. The highest BCUT2D eigenvalue weighted by atomic mass is 32.2. The fourth-order valence-corrected chi connectivity index (χ4v) is 6.03. The first-order valence-corrected chi connectivity index (χ1v) is 12.4. The molecule has 32 heavy (non-hydrogen) atoms. The van der Waals surface area contributed by atoms with Crippen molar-refractivity contribution in [2.24, 2.45) is 0 Å². The van der Waals surface area contributed by atoms with Crippen LogP contribution in [0.4, 0.5) is 0 Å². The number of carbonyl (C=O) groups is 1. The lowest BCUT2D eigenvalue weighted by Crippen LogP contribution is -2.39. The van der Waals surface area contributed by atoms with Crippen LogP contribution in [0.15, 0.2) is 47.4 Å². The molecule has 1 aromatic heterocycles. The van der Waals surface area contributed by atoms with E-state index in [2.05, 4.69) is 15.8 Å². The molecule has 2 aromatic carbocycles. The Kier molecular flexibility index (Phi) is 4.78. The normalized spacial score (nSPS) is 17.2. The monoisotopic (exact) mass is 450 g/mol. The number of methoxy groups -OCH3 is 1. The molecule has 2 fully saturated rings. The van der Waals surface area contributed by atoms with Gasteiger partial charge in [0, 0.05) is 16.6 Å². The van der Waals surface area contributed by atoms with Crippen LogP contribution in [0.1, 0.15) is 54.0 Å². The number of nitrogens with zero attached hydrogens (tertiary/aromatic N) is 1. The molecule has 0 radical (unpaired) electrons. The Balaban J connectivity index is 1.53. The molecule has 0 atom stereocenters. The smallest absolute Gasteiger partial charge is 0.264 e. The second-order valence-electron chi connectivity index (χ2n) is 8.92. The van der Waals surface area contributed by atoms with Gasteiger partial charge in [-0.15, -0.1) is 0 Å². The molecule has 2 saturated carbocycles. The zero-order valence-electron chi connectivity index (χ0n) is 18.4. The first-order valence-electron chi connectivity index (χ1n) is 10.9. The molecule has 1 N–H and O–H groups in total. The van der Waals surface area contributed by atoms with E-state index in [1.165, 1.54) is 11.6 Å². The molecule has 0 spiro atoms. The molecule has 0 saturated heterocycles. The topological polar surface area (TPSA) is 85.4 Å². The van der Waals surface area contributed by atoms with Crippen molar-refractivity contribution in [3.05, 3.63) is 64.8 Å². The molecular formula is C25H26N2O4S. The average molecular weight is 451 g/mol. The van der Waals surface area contributed by atoms with Gasteiger partial charge in [-0.05, 0) is 86.9 Å². The van der Waals surface area contributed by atoms with Crippen LogP contribution in [0, 0.1) is 13.8 Å². The molecule has 1 heterocycles. The zero-order chi connectivity index (χ0) is 22.7. The number of hydrogen-bond donors (Lipinski definition) is 1. The SMILES string of the molecule is COc1ccc(C2CC2)c(C)c1C1(C(=O)NS(=O)(=O)c2cccc3nc(C)ccc23)CC1. The number of carbonyl (C=O) groups excluding carboxylic acids is 1. The van der Waals surface area contributed by atoms with Crippen molar-refractivity contribution < 1.29 is 17.9 Å². The minimum Gasteiger partial charge on any atom is -0.496 e. The van der Waals surface area contributed by atoms with E-state index >= 15 is 0 Å². The maximum absolute atomic E-state index is 13.5. The molecule has 0 bridgehead atoms. The van der Waals surface area contributed by atoms with Crippen LogP contribution in [-0.2, 0) is 20.2 Å². The number of aromatic nitrogens is 1. The molecule has 7 heteroatoms. The minimum atomic E-state index is -4.08. The van der Waals surface area contributed by atoms with Crippen LogP contribution in [0.3, 0.4) is 0 Å². The average Bonchev–Trinajstić information content (AvgIpc) is 3.67. The quantitative estimate of drug-likeness (QED) is 0.606. The summed E-state index contributed by atoms with van der Waals surface area (Å²) in [5, 5.41) is 0.493. The van der Waals surface area contributed by atoms with Crippen molar-refractivity contribution in [1.29, 1.82) is 0 Å². The maximum atomic E-state index is 13.5. The summed E-state index contributed by atoms with van der Waals surface area (Å²) in [5.41, 5.74) is 3.60. The molecule has 166 valence electrons. The zero-order valence-corrected chi connectivity index (χ0v) is 19.3. The fraction of sp³-hybridized carbons (Fsp3) is 0.360. The number of benzene rings is 2. The van der Waals surface area contributed by atoms with Gasteiger partial charge in [0.2, 0.25) is 5.91 Å². The largest absolute Gasteiger partial charge is 0.496 e. The lowest BCUT2D eigenvalue weighted by atomic mass is 9.86. The van der Waals surface area contributed by atoms with Crippen LogP contribution < -0.4 is 9.46 Å². The first kappa shape index (κ1) is 20.9. The summed E-state index contributed by atoms with van der Waals surface area (Å²) in [6.45, 7) is 3.87. The van der Waals surface area contributed by atoms with Crippen molar-refractivity contribution in [3.8, 4) is 5.75 Å². The standard InChI is InChI=1S/C25H26N2O4S/c1-15-7-10-19-20(26-15)5-4-6-22(19)32(29,30)27-24(28)25(13-14-25)23-16(2)18(17-8-9-17)11-12-21(23)31-3/h4-7,10-12,17H,8-9,13-14H2,1-3H3,(H,27,28). The van der Waals surface area contributed by atoms with Gasteiger partial charge in [0.25, 0.3) is 10.0 Å². The highest BCUT2D eigenvalue weighted by Crippen LogP contribution is 2.55. The van der Waals surface area contributed by atoms with Gasteiger partial charge in [0.15, 0.2) is 0 Å². The van der Waals surface area contributed by atoms with E-state index in [1.54, 1.807) is 31.4 Å². The summed E-state index contributed by atoms with van der Waals surface area (Å²) >= 11 is 0. The summed E-state index contributed by atoms with van der Waals surface area (Å²) in [4.78, 5) is 17.9. The van der Waals surface area contributed by atoms with E-state index in [0.717, 1.165) is 29.7 Å². The number of amides is 1. The molecule has 0 unspecified atom stereocenters. The Hall–Kier alpha value is -2.93. The third-order valence-corrected chi connectivity index (χ3v) is 8.11. The predicted molar refractivity (Wildman–Crippen MR) is 122 cm³/mol. The number of hydrogen-bond acceptors (Lipinski definition) is 5. The third-order valence-electron chi connectivity index (χ3n) is 6.72. The van der Waals surface area contributed by atoms with Crippen LogP contribution >= 0.6 is 0 Å². The van der Waals surface area contributed by atoms with Gasteiger partial charge in [-0.3, -0.25) is 9.78 Å². The second kappa shape index (κ2) is 7.30. The number of aryl methyl sites for hydroxylation is 1. The minimum absolute atomic E-state index is 0.0575. The molecule has 0 aliphatic heterocycles. The van der Waals surface area contributed by atoms with Crippen molar-refractivity contribution in [2.45, 2.75) is 55.8 Å². The number of nitrogens with one attached hydrogen (secondary N) is 1. The Morgan fingerprint density at radius 2 is 1.84 bits per heavy atom. The Bertz CT molecular complexity index is 1360.